The molecule has 2 aromatic heterocycles. The maximum absolute atomic E-state index is 12.9. The van der Waals surface area contributed by atoms with Crippen molar-refractivity contribution in [2.45, 2.75) is 32.7 Å². The SMILES string of the molecule is CC1C=C(c2c(C(=O)O)n(Cc3cc4ccccc4nc3N)c3cc4c(cc23)CCC4)C(=O)NC1. The number of carbonyl (C=O) groups is 2. The van der Waals surface area contributed by atoms with Crippen LogP contribution in [0.15, 0.2) is 48.5 Å². The van der Waals surface area contributed by atoms with Crippen LogP contribution in [-0.4, -0.2) is 33.1 Å². The van der Waals surface area contributed by atoms with Gasteiger partial charge in [0.15, 0.2) is 0 Å². The highest BCUT2D eigenvalue weighted by molar-refractivity contribution is 6.26. The molecule has 7 heteroatoms. The third-order valence-corrected chi connectivity index (χ3v) is 7.19. The van der Waals surface area contributed by atoms with Gasteiger partial charge in [0.2, 0.25) is 0 Å². The van der Waals surface area contributed by atoms with E-state index < -0.39 is 5.97 Å². The molecule has 1 aliphatic carbocycles. The molecule has 1 amide bonds. The zero-order chi connectivity index (χ0) is 24.3. The van der Waals surface area contributed by atoms with E-state index in [2.05, 4.69) is 22.4 Å². The number of amides is 1. The summed E-state index contributed by atoms with van der Waals surface area (Å²) >= 11 is 0. The number of nitrogens with one attached hydrogen (secondary N) is 1. The number of rotatable bonds is 4. The number of anilines is 1. The number of aryl methyl sites for hydroxylation is 2. The smallest absolute Gasteiger partial charge is 0.353 e. The molecule has 1 unspecified atom stereocenters. The Kier molecular flexibility index (Phi) is 4.88. The van der Waals surface area contributed by atoms with Gasteiger partial charge in [-0.1, -0.05) is 31.2 Å². The second-order valence-electron chi connectivity index (χ2n) is 9.60. The molecular formula is C28H26N4O3. The average Bonchev–Trinajstić information content (AvgIpc) is 3.41. The standard InChI is InChI=1S/C28H26N4O3/c1-15-9-21(27(33)30-13-15)24-20-11-16-6-4-7-17(16)12-23(20)32(25(24)28(34)35)14-19-10-18-5-2-3-8-22(18)31-26(19)29/h2-3,5,8-12,15H,4,6-7,13-14H2,1H3,(H2,29,31)(H,30,33)(H,34,35). The molecule has 0 spiro atoms. The van der Waals surface area contributed by atoms with Crippen molar-refractivity contribution < 1.29 is 14.7 Å². The zero-order valence-electron chi connectivity index (χ0n) is 19.5. The minimum Gasteiger partial charge on any atom is -0.477 e. The largest absolute Gasteiger partial charge is 0.477 e. The number of fused-ring (bicyclic) bond motifs is 3. The Morgan fingerprint density at radius 2 is 1.97 bits per heavy atom. The van der Waals surface area contributed by atoms with Crippen LogP contribution >= 0.6 is 0 Å². The lowest BCUT2D eigenvalue weighted by molar-refractivity contribution is -0.116. The molecule has 1 aliphatic heterocycles. The molecule has 3 heterocycles. The molecule has 4 aromatic rings. The molecular weight excluding hydrogens is 440 g/mol. The number of nitrogens with zero attached hydrogens (tertiary/aromatic N) is 2. The maximum atomic E-state index is 12.9. The van der Waals surface area contributed by atoms with Gasteiger partial charge in [0.1, 0.15) is 11.5 Å². The number of hydrogen-bond donors (Lipinski definition) is 3. The topological polar surface area (TPSA) is 110 Å². The minimum absolute atomic E-state index is 0.103. The maximum Gasteiger partial charge on any atom is 0.353 e. The number of pyridine rings is 1. The molecule has 0 bridgehead atoms. The Hall–Kier alpha value is -4.13. The lowest BCUT2D eigenvalue weighted by Gasteiger charge is -2.19. The fourth-order valence-electron chi connectivity index (χ4n) is 5.51. The first-order valence-electron chi connectivity index (χ1n) is 12.0. The molecule has 0 saturated heterocycles. The number of benzene rings is 2. The van der Waals surface area contributed by atoms with E-state index in [0.717, 1.165) is 46.6 Å². The summed E-state index contributed by atoms with van der Waals surface area (Å²) in [6.45, 7) is 2.79. The van der Waals surface area contributed by atoms with Crippen molar-refractivity contribution >= 4 is 45.1 Å². The van der Waals surface area contributed by atoms with E-state index in [9.17, 15) is 14.7 Å². The fraction of sp³-hybridized carbons (Fsp3) is 0.250. The molecule has 4 N–H and O–H groups in total. The number of carbonyl (C=O) groups excluding carboxylic acids is 1. The van der Waals surface area contributed by atoms with Gasteiger partial charge in [0.05, 0.1) is 12.1 Å². The van der Waals surface area contributed by atoms with E-state index in [-0.39, 0.29) is 24.1 Å². The average molecular weight is 467 g/mol. The highest BCUT2D eigenvalue weighted by Gasteiger charge is 2.31. The third-order valence-electron chi connectivity index (χ3n) is 7.19. The Balaban J connectivity index is 1.64. The number of carboxylic acids is 1. The van der Waals surface area contributed by atoms with Gasteiger partial charge in [-0.15, -0.1) is 0 Å². The first-order valence-corrected chi connectivity index (χ1v) is 12.0. The first kappa shape index (κ1) is 21.4. The number of nitrogen functional groups attached to an aromatic ring is 1. The summed E-state index contributed by atoms with van der Waals surface area (Å²) in [5.74, 6) is -0.835. The molecule has 2 aromatic carbocycles. The van der Waals surface area contributed by atoms with E-state index in [0.29, 0.717) is 23.5 Å². The first-order chi connectivity index (χ1) is 16.9. The van der Waals surface area contributed by atoms with Gasteiger partial charge < -0.3 is 20.7 Å². The van der Waals surface area contributed by atoms with Gasteiger partial charge in [0, 0.05) is 39.5 Å². The van der Waals surface area contributed by atoms with Crippen LogP contribution in [0.5, 0.6) is 0 Å². The van der Waals surface area contributed by atoms with Crippen molar-refractivity contribution in [2.24, 2.45) is 5.92 Å². The molecule has 176 valence electrons. The molecule has 0 radical (unpaired) electrons. The Morgan fingerprint density at radius 3 is 2.77 bits per heavy atom. The summed E-state index contributed by atoms with van der Waals surface area (Å²) in [6.07, 6.45) is 4.89. The third kappa shape index (κ3) is 3.46. The van der Waals surface area contributed by atoms with Crippen LogP contribution in [0.25, 0.3) is 27.4 Å². The van der Waals surface area contributed by atoms with Crippen molar-refractivity contribution in [3.05, 3.63) is 76.5 Å². The summed E-state index contributed by atoms with van der Waals surface area (Å²) in [7, 11) is 0. The van der Waals surface area contributed by atoms with E-state index >= 15 is 0 Å². The minimum atomic E-state index is -1.07. The molecule has 2 aliphatic rings. The molecule has 35 heavy (non-hydrogen) atoms. The molecule has 6 rings (SSSR count). The monoisotopic (exact) mass is 466 g/mol. The van der Waals surface area contributed by atoms with Crippen molar-refractivity contribution in [3.8, 4) is 0 Å². The lowest BCUT2D eigenvalue weighted by Crippen LogP contribution is -2.33. The van der Waals surface area contributed by atoms with Crippen LogP contribution in [0.3, 0.4) is 0 Å². The second-order valence-corrected chi connectivity index (χ2v) is 9.60. The van der Waals surface area contributed by atoms with Gasteiger partial charge in [-0.05, 0) is 60.6 Å². The Morgan fingerprint density at radius 1 is 1.20 bits per heavy atom. The number of nitrogens with two attached hydrogens (primary N) is 1. The van der Waals surface area contributed by atoms with Crippen LogP contribution in [0.2, 0.25) is 0 Å². The van der Waals surface area contributed by atoms with Gasteiger partial charge in [0.25, 0.3) is 5.91 Å². The second kappa shape index (κ2) is 7.98. The van der Waals surface area contributed by atoms with Crippen LogP contribution < -0.4 is 11.1 Å². The summed E-state index contributed by atoms with van der Waals surface area (Å²) in [5, 5.41) is 15.1. The Labute approximate surface area is 202 Å². The van der Waals surface area contributed by atoms with Gasteiger partial charge >= 0.3 is 5.97 Å². The van der Waals surface area contributed by atoms with E-state index in [1.54, 1.807) is 4.57 Å². The normalized spacial score (nSPS) is 17.5. The van der Waals surface area contributed by atoms with Crippen molar-refractivity contribution in [3.63, 3.8) is 0 Å². The van der Waals surface area contributed by atoms with Crippen molar-refractivity contribution in [1.29, 1.82) is 0 Å². The van der Waals surface area contributed by atoms with Crippen molar-refractivity contribution in [1.82, 2.24) is 14.9 Å². The van der Waals surface area contributed by atoms with Crippen molar-refractivity contribution in [2.75, 3.05) is 12.3 Å². The molecule has 1 atom stereocenters. The summed E-state index contributed by atoms with van der Waals surface area (Å²) in [4.78, 5) is 30.3. The summed E-state index contributed by atoms with van der Waals surface area (Å²) < 4.78 is 1.79. The van der Waals surface area contributed by atoms with Gasteiger partial charge in [-0.2, -0.15) is 0 Å². The Bertz CT molecular complexity index is 1580. The van der Waals surface area contributed by atoms with Crippen LogP contribution in [0, 0.1) is 5.92 Å². The highest BCUT2D eigenvalue weighted by atomic mass is 16.4. The highest BCUT2D eigenvalue weighted by Crippen LogP contribution is 2.38. The van der Waals surface area contributed by atoms with Gasteiger partial charge in [-0.25, -0.2) is 9.78 Å². The molecule has 0 fully saturated rings. The number of para-hydroxylation sites is 1. The van der Waals surface area contributed by atoms with Crippen LogP contribution in [0.1, 0.15) is 46.1 Å². The van der Waals surface area contributed by atoms with E-state index in [1.165, 1.54) is 11.1 Å². The van der Waals surface area contributed by atoms with E-state index in [1.807, 2.05) is 43.3 Å². The quantitative estimate of drug-likeness (QED) is 0.418. The number of aromatic carboxylic acids is 1. The molecule has 0 saturated carbocycles. The zero-order valence-corrected chi connectivity index (χ0v) is 19.5. The fourth-order valence-corrected chi connectivity index (χ4v) is 5.51. The lowest BCUT2D eigenvalue weighted by atomic mass is 9.93. The number of hydrogen-bond acceptors (Lipinski definition) is 4. The summed E-state index contributed by atoms with van der Waals surface area (Å²) in [6, 6.07) is 13.9. The van der Waals surface area contributed by atoms with E-state index in [4.69, 9.17) is 5.73 Å². The number of aromatic nitrogens is 2. The van der Waals surface area contributed by atoms with Crippen LogP contribution in [-0.2, 0) is 24.2 Å². The predicted molar refractivity (Wildman–Crippen MR) is 136 cm³/mol. The molecule has 7 nitrogen and oxygen atoms in total. The summed E-state index contributed by atoms with van der Waals surface area (Å²) in [5.41, 5.74) is 12.1. The van der Waals surface area contributed by atoms with Crippen LogP contribution in [0.4, 0.5) is 5.82 Å². The van der Waals surface area contributed by atoms with Gasteiger partial charge in [-0.3, -0.25) is 4.79 Å². The predicted octanol–water partition coefficient (Wildman–Crippen LogP) is 4.16. The number of carboxylic acid groups (broad SMARTS) is 1.